The smallest absolute Gasteiger partial charge is 0.355 e. The number of benzene rings is 1. The quantitative estimate of drug-likeness (QED) is 0.841. The Morgan fingerprint density at radius 2 is 2.00 bits per heavy atom. The molecule has 84 valence electrons. The van der Waals surface area contributed by atoms with Crippen molar-refractivity contribution in [3.05, 3.63) is 22.7 Å². The molecule has 8 heteroatoms. The number of rotatable bonds is 3. The lowest BCUT2D eigenvalue weighted by Crippen LogP contribution is -2.20. The predicted octanol–water partition coefficient (Wildman–Crippen LogP) is 2.12. The Hall–Kier alpha value is -0.890. The molecule has 0 aliphatic rings. The minimum Gasteiger partial charge on any atom is -0.506 e. The fraction of sp³-hybridized carbons (Fsp3) is 0.143. The van der Waals surface area contributed by atoms with Crippen molar-refractivity contribution in [2.24, 2.45) is 0 Å². The number of alkyl halides is 2. The molecule has 0 spiro atoms. The average Bonchev–Trinajstić information content (AvgIpc) is 2.10. The van der Waals surface area contributed by atoms with Crippen LogP contribution in [0.4, 0.5) is 14.5 Å². The molecule has 0 radical (unpaired) electrons. The number of halogens is 3. The van der Waals surface area contributed by atoms with Crippen LogP contribution in [0.5, 0.6) is 5.75 Å². The summed E-state index contributed by atoms with van der Waals surface area (Å²) >= 11 is 3.01. The summed E-state index contributed by atoms with van der Waals surface area (Å²) in [6, 6.07) is 3.79. The maximum Gasteiger partial charge on any atom is 0.355 e. The molecule has 1 rings (SSSR count). The van der Waals surface area contributed by atoms with Crippen molar-refractivity contribution in [1.82, 2.24) is 0 Å². The van der Waals surface area contributed by atoms with Gasteiger partial charge in [0.15, 0.2) is 0 Å². The minimum absolute atomic E-state index is 0.301. The third kappa shape index (κ3) is 3.03. The molecule has 0 amide bonds. The zero-order chi connectivity index (χ0) is 11.6. The molecule has 1 aromatic rings. The van der Waals surface area contributed by atoms with E-state index in [-0.39, 0.29) is 5.69 Å². The SMILES string of the molecule is O=S(=O)(Nc1cc(Br)ccc1O)C(F)F. The molecule has 1 aromatic carbocycles. The molecule has 0 fully saturated rings. The van der Waals surface area contributed by atoms with Gasteiger partial charge in [-0.3, -0.25) is 4.72 Å². The summed E-state index contributed by atoms with van der Waals surface area (Å²) < 4.78 is 47.5. The molecular weight excluding hydrogens is 296 g/mol. The Morgan fingerprint density at radius 1 is 1.40 bits per heavy atom. The zero-order valence-corrected chi connectivity index (χ0v) is 9.52. The van der Waals surface area contributed by atoms with Crippen LogP contribution in [0, 0.1) is 0 Å². The van der Waals surface area contributed by atoms with Crippen LogP contribution in [0.15, 0.2) is 22.7 Å². The van der Waals surface area contributed by atoms with E-state index in [0.29, 0.717) is 4.47 Å². The molecular formula is C7H6BrF2NO3S. The van der Waals surface area contributed by atoms with E-state index in [9.17, 15) is 22.3 Å². The molecule has 0 saturated carbocycles. The molecule has 2 N–H and O–H groups in total. The van der Waals surface area contributed by atoms with E-state index in [4.69, 9.17) is 0 Å². The molecule has 4 nitrogen and oxygen atoms in total. The largest absolute Gasteiger partial charge is 0.506 e. The Bertz CT molecular complexity index is 463. The fourth-order valence-electron chi connectivity index (χ4n) is 0.788. The van der Waals surface area contributed by atoms with Crippen LogP contribution < -0.4 is 4.72 Å². The van der Waals surface area contributed by atoms with Gasteiger partial charge < -0.3 is 5.11 Å². The highest BCUT2D eigenvalue weighted by molar-refractivity contribution is 9.10. The van der Waals surface area contributed by atoms with E-state index in [0.717, 1.165) is 0 Å². The lowest BCUT2D eigenvalue weighted by atomic mass is 10.3. The maximum absolute atomic E-state index is 12.0. The first-order chi connectivity index (χ1) is 6.83. The Balaban J connectivity index is 3.05. The van der Waals surface area contributed by atoms with Crippen LogP contribution in [0.2, 0.25) is 0 Å². The summed E-state index contributed by atoms with van der Waals surface area (Å²) in [6.07, 6.45) is 0. The lowest BCUT2D eigenvalue weighted by molar-refractivity contribution is 0.236. The van der Waals surface area contributed by atoms with Crippen molar-refractivity contribution in [3.8, 4) is 5.75 Å². The van der Waals surface area contributed by atoms with Crippen LogP contribution in [0.3, 0.4) is 0 Å². The molecule has 0 saturated heterocycles. The van der Waals surface area contributed by atoms with Gasteiger partial charge in [-0.2, -0.15) is 8.78 Å². The van der Waals surface area contributed by atoms with Crippen LogP contribution >= 0.6 is 15.9 Å². The molecule has 0 aliphatic heterocycles. The van der Waals surface area contributed by atoms with Crippen molar-refractivity contribution in [3.63, 3.8) is 0 Å². The van der Waals surface area contributed by atoms with Crippen LogP contribution in [-0.2, 0) is 10.0 Å². The molecule has 0 aromatic heterocycles. The second kappa shape index (κ2) is 4.31. The summed E-state index contributed by atoms with van der Waals surface area (Å²) in [6.45, 7) is 0. The number of hydrogen-bond donors (Lipinski definition) is 2. The van der Waals surface area contributed by atoms with E-state index in [1.165, 1.54) is 18.2 Å². The molecule has 15 heavy (non-hydrogen) atoms. The van der Waals surface area contributed by atoms with Gasteiger partial charge in [0.25, 0.3) is 10.0 Å². The maximum atomic E-state index is 12.0. The third-order valence-electron chi connectivity index (χ3n) is 1.45. The monoisotopic (exact) mass is 301 g/mol. The predicted molar refractivity (Wildman–Crippen MR) is 54.4 cm³/mol. The normalized spacial score (nSPS) is 11.7. The van der Waals surface area contributed by atoms with Crippen molar-refractivity contribution < 1.29 is 22.3 Å². The van der Waals surface area contributed by atoms with Gasteiger partial charge in [-0.15, -0.1) is 0 Å². The van der Waals surface area contributed by atoms with Crippen molar-refractivity contribution in [1.29, 1.82) is 0 Å². The first-order valence-electron chi connectivity index (χ1n) is 3.61. The Morgan fingerprint density at radius 3 is 2.53 bits per heavy atom. The summed E-state index contributed by atoms with van der Waals surface area (Å²) in [5.74, 6) is -3.97. The van der Waals surface area contributed by atoms with Crippen LogP contribution in [0.25, 0.3) is 0 Å². The lowest BCUT2D eigenvalue weighted by Gasteiger charge is -2.08. The zero-order valence-electron chi connectivity index (χ0n) is 7.12. The van der Waals surface area contributed by atoms with Crippen LogP contribution in [-0.4, -0.2) is 19.3 Å². The van der Waals surface area contributed by atoms with Crippen molar-refractivity contribution in [2.75, 3.05) is 4.72 Å². The van der Waals surface area contributed by atoms with Gasteiger partial charge in [0, 0.05) is 4.47 Å². The van der Waals surface area contributed by atoms with Gasteiger partial charge in [-0.05, 0) is 18.2 Å². The molecule has 0 atom stereocenters. The number of hydrogen-bond acceptors (Lipinski definition) is 3. The first-order valence-corrected chi connectivity index (χ1v) is 5.95. The molecule has 0 heterocycles. The van der Waals surface area contributed by atoms with Crippen LogP contribution in [0.1, 0.15) is 0 Å². The molecule has 0 bridgehead atoms. The number of phenolic OH excluding ortho intramolecular Hbond substituents is 1. The second-order valence-electron chi connectivity index (χ2n) is 2.57. The number of phenols is 1. The standard InChI is InChI=1S/C7H6BrF2NO3S/c8-4-1-2-6(12)5(3-4)11-15(13,14)7(9)10/h1-3,7,11-12H. The number of aromatic hydroxyl groups is 1. The van der Waals surface area contributed by atoms with Gasteiger partial charge in [-0.25, -0.2) is 8.42 Å². The van der Waals surface area contributed by atoms with E-state index in [1.807, 2.05) is 0 Å². The topological polar surface area (TPSA) is 66.4 Å². The first kappa shape index (κ1) is 12.2. The Labute approximate surface area is 93.1 Å². The molecule has 0 unspecified atom stereocenters. The van der Waals surface area contributed by atoms with E-state index < -0.39 is 21.5 Å². The van der Waals surface area contributed by atoms with E-state index in [2.05, 4.69) is 15.9 Å². The van der Waals surface area contributed by atoms with Gasteiger partial charge in [0.2, 0.25) is 0 Å². The fourth-order valence-corrected chi connectivity index (χ4v) is 1.71. The summed E-state index contributed by atoms with van der Waals surface area (Å²) in [7, 11) is -4.75. The van der Waals surface area contributed by atoms with Gasteiger partial charge >= 0.3 is 5.76 Å². The van der Waals surface area contributed by atoms with Crippen molar-refractivity contribution in [2.45, 2.75) is 5.76 Å². The third-order valence-corrected chi connectivity index (χ3v) is 2.91. The highest BCUT2D eigenvalue weighted by Gasteiger charge is 2.24. The summed E-state index contributed by atoms with van der Waals surface area (Å²) in [5.41, 5.74) is -0.301. The summed E-state index contributed by atoms with van der Waals surface area (Å²) in [4.78, 5) is 0. The summed E-state index contributed by atoms with van der Waals surface area (Å²) in [5, 5.41) is 9.19. The van der Waals surface area contributed by atoms with Gasteiger partial charge in [0.1, 0.15) is 5.75 Å². The number of nitrogens with one attached hydrogen (secondary N) is 1. The van der Waals surface area contributed by atoms with Gasteiger partial charge in [0.05, 0.1) is 5.69 Å². The number of anilines is 1. The van der Waals surface area contributed by atoms with Gasteiger partial charge in [-0.1, -0.05) is 15.9 Å². The number of sulfonamides is 1. The van der Waals surface area contributed by atoms with Crippen molar-refractivity contribution >= 4 is 31.6 Å². The van der Waals surface area contributed by atoms with E-state index >= 15 is 0 Å². The average molecular weight is 302 g/mol. The van der Waals surface area contributed by atoms with E-state index in [1.54, 1.807) is 4.72 Å². The highest BCUT2D eigenvalue weighted by atomic mass is 79.9. The second-order valence-corrected chi connectivity index (χ2v) is 5.14. The highest BCUT2D eigenvalue weighted by Crippen LogP contribution is 2.28. The molecule has 0 aliphatic carbocycles. The minimum atomic E-state index is -4.75. The Kier molecular flexibility index (Phi) is 3.50.